The fourth-order valence-electron chi connectivity index (χ4n) is 2.75. The van der Waals surface area contributed by atoms with Gasteiger partial charge < -0.3 is 14.4 Å². The van der Waals surface area contributed by atoms with Gasteiger partial charge >= 0.3 is 5.97 Å². The molecule has 2 aromatic heterocycles. The number of allylic oxidation sites excluding steroid dienone is 1. The van der Waals surface area contributed by atoms with Gasteiger partial charge in [-0.15, -0.1) is 11.3 Å². The predicted octanol–water partition coefficient (Wildman–Crippen LogP) is 4.79. The zero-order valence-electron chi connectivity index (χ0n) is 16.4. The number of hydrogen-bond donors (Lipinski definition) is 1. The van der Waals surface area contributed by atoms with E-state index < -0.39 is 12.1 Å². The second kappa shape index (κ2) is 9.49. The molecule has 1 atom stereocenters. The number of carboxylic acids is 1. The number of aryl methyl sites for hydroxylation is 1. The van der Waals surface area contributed by atoms with Crippen LogP contribution in [0.3, 0.4) is 0 Å². The van der Waals surface area contributed by atoms with Gasteiger partial charge in [-0.05, 0) is 44.2 Å². The Balaban J connectivity index is 1.60. The minimum absolute atomic E-state index is 0.00603. The zero-order valence-corrected chi connectivity index (χ0v) is 17.2. The van der Waals surface area contributed by atoms with Gasteiger partial charge in [0.25, 0.3) is 0 Å². The number of aliphatic carboxylic acids is 1. The Kier molecular flexibility index (Phi) is 6.80. The molecule has 3 rings (SSSR count). The minimum Gasteiger partial charge on any atom is -0.479 e. The summed E-state index contributed by atoms with van der Waals surface area (Å²) in [5, 5.41) is 8.86. The summed E-state index contributed by atoms with van der Waals surface area (Å²) in [5.74, 6) is -0.962. The molecular formula is C23H23NO4S. The molecule has 0 aliphatic heterocycles. The van der Waals surface area contributed by atoms with Crippen LogP contribution in [0.15, 0.2) is 60.8 Å². The number of carbonyl (C=O) groups is 2. The van der Waals surface area contributed by atoms with E-state index >= 15 is 0 Å². The van der Waals surface area contributed by atoms with Gasteiger partial charge in [0.05, 0.1) is 12.3 Å². The minimum atomic E-state index is -0.968. The Labute approximate surface area is 173 Å². The van der Waals surface area contributed by atoms with Crippen LogP contribution in [0.25, 0.3) is 6.08 Å². The second-order valence-corrected chi connectivity index (χ2v) is 7.94. The molecule has 29 heavy (non-hydrogen) atoms. The normalized spacial score (nSPS) is 12.3. The summed E-state index contributed by atoms with van der Waals surface area (Å²) in [6.45, 7) is 4.37. The zero-order chi connectivity index (χ0) is 20.8. The third-order valence-corrected chi connectivity index (χ3v) is 5.49. The van der Waals surface area contributed by atoms with Crippen molar-refractivity contribution < 1.29 is 19.4 Å². The van der Waals surface area contributed by atoms with E-state index in [2.05, 4.69) is 0 Å². The molecule has 150 valence electrons. The van der Waals surface area contributed by atoms with Gasteiger partial charge in [-0.1, -0.05) is 35.9 Å². The van der Waals surface area contributed by atoms with Crippen molar-refractivity contribution in [1.29, 1.82) is 0 Å². The Morgan fingerprint density at radius 2 is 1.93 bits per heavy atom. The van der Waals surface area contributed by atoms with Crippen molar-refractivity contribution in [3.8, 4) is 0 Å². The number of benzene rings is 1. The number of carbonyl (C=O) groups excluding carboxylic acids is 1. The van der Waals surface area contributed by atoms with Gasteiger partial charge in [-0.3, -0.25) is 4.79 Å². The van der Waals surface area contributed by atoms with Crippen LogP contribution in [0, 0.1) is 6.92 Å². The number of carboxylic acid groups (broad SMARTS) is 1. The molecule has 0 amide bonds. The van der Waals surface area contributed by atoms with Gasteiger partial charge in [0, 0.05) is 28.1 Å². The Morgan fingerprint density at radius 1 is 1.17 bits per heavy atom. The summed E-state index contributed by atoms with van der Waals surface area (Å²) in [4.78, 5) is 25.6. The van der Waals surface area contributed by atoms with Crippen LogP contribution in [-0.2, 0) is 22.7 Å². The Hall–Kier alpha value is -2.96. The third-order valence-electron chi connectivity index (χ3n) is 4.47. The lowest BCUT2D eigenvalue weighted by Gasteiger charge is -2.06. The van der Waals surface area contributed by atoms with Crippen molar-refractivity contribution in [1.82, 2.24) is 4.57 Å². The molecule has 0 aliphatic rings. The molecule has 5 nitrogen and oxygen atoms in total. The molecular weight excluding hydrogens is 386 g/mol. The van der Waals surface area contributed by atoms with E-state index in [1.54, 1.807) is 11.3 Å². The molecule has 0 radical (unpaired) electrons. The van der Waals surface area contributed by atoms with Crippen LogP contribution in [0.1, 0.15) is 38.3 Å². The number of ketones is 1. The number of nitrogens with zero attached hydrogens (tertiary/aromatic N) is 1. The van der Waals surface area contributed by atoms with E-state index in [-0.39, 0.29) is 12.4 Å². The summed E-state index contributed by atoms with van der Waals surface area (Å²) >= 11 is 1.55. The number of rotatable bonds is 9. The molecule has 0 spiro atoms. The maximum absolute atomic E-state index is 12.8. The van der Waals surface area contributed by atoms with Crippen molar-refractivity contribution in [2.24, 2.45) is 0 Å². The van der Waals surface area contributed by atoms with E-state index in [9.17, 15) is 9.59 Å². The molecule has 0 saturated carbocycles. The number of aromatic nitrogens is 1. The van der Waals surface area contributed by atoms with Gasteiger partial charge in [0.1, 0.15) is 0 Å². The van der Waals surface area contributed by atoms with E-state index in [1.165, 1.54) is 6.92 Å². The van der Waals surface area contributed by atoms with Crippen LogP contribution in [0.4, 0.5) is 0 Å². The maximum Gasteiger partial charge on any atom is 0.332 e. The molecule has 0 fully saturated rings. The number of thiophene rings is 1. The van der Waals surface area contributed by atoms with E-state index in [1.807, 2.05) is 78.4 Å². The van der Waals surface area contributed by atoms with E-state index in [4.69, 9.17) is 9.84 Å². The van der Waals surface area contributed by atoms with Crippen molar-refractivity contribution in [3.63, 3.8) is 0 Å². The summed E-state index contributed by atoms with van der Waals surface area (Å²) < 4.78 is 7.22. The Bertz CT molecular complexity index is 1010. The lowest BCUT2D eigenvalue weighted by atomic mass is 10.1. The van der Waals surface area contributed by atoms with Gasteiger partial charge in [0.2, 0.25) is 5.78 Å². The van der Waals surface area contributed by atoms with Crippen LogP contribution >= 0.6 is 11.3 Å². The lowest BCUT2D eigenvalue weighted by molar-refractivity contribution is -0.149. The fraction of sp³-hybridized carbons (Fsp3) is 0.217. The van der Waals surface area contributed by atoms with Crippen molar-refractivity contribution in [2.45, 2.75) is 33.1 Å². The largest absolute Gasteiger partial charge is 0.479 e. The standard InChI is InChI=1S/C23H23NO4S/c1-16-7-9-18(10-8-16)22(25)21-6-4-14-24(21)13-3-5-19-11-12-20(29-19)15-28-17(2)23(26)27/h3-12,14,17H,13,15H2,1-2H3,(H,26,27). The molecule has 0 saturated heterocycles. The monoisotopic (exact) mass is 409 g/mol. The number of ether oxygens (including phenoxy) is 1. The quantitative estimate of drug-likeness (QED) is 0.516. The smallest absolute Gasteiger partial charge is 0.332 e. The second-order valence-electron chi connectivity index (χ2n) is 6.74. The topological polar surface area (TPSA) is 68.5 Å². The summed E-state index contributed by atoms with van der Waals surface area (Å²) in [7, 11) is 0. The van der Waals surface area contributed by atoms with Gasteiger partial charge in [0.15, 0.2) is 6.10 Å². The van der Waals surface area contributed by atoms with Crippen molar-refractivity contribution in [3.05, 3.63) is 87.4 Å². The average Bonchev–Trinajstić information content (AvgIpc) is 3.35. The first-order valence-corrected chi connectivity index (χ1v) is 10.1. The third kappa shape index (κ3) is 5.53. The first-order valence-electron chi connectivity index (χ1n) is 9.30. The Morgan fingerprint density at radius 3 is 2.66 bits per heavy atom. The van der Waals surface area contributed by atoms with Crippen LogP contribution in [-0.4, -0.2) is 27.5 Å². The highest BCUT2D eigenvalue weighted by molar-refractivity contribution is 7.12. The molecule has 0 aliphatic carbocycles. The average molecular weight is 410 g/mol. The summed E-state index contributed by atoms with van der Waals surface area (Å²) in [6, 6.07) is 15.2. The highest BCUT2D eigenvalue weighted by Crippen LogP contribution is 2.20. The predicted molar refractivity (Wildman–Crippen MR) is 114 cm³/mol. The first kappa shape index (κ1) is 20.8. The SMILES string of the molecule is Cc1ccc(C(=O)c2cccn2CC=Cc2ccc(COC(C)C(=O)O)s2)cc1. The summed E-state index contributed by atoms with van der Waals surface area (Å²) in [5.41, 5.74) is 2.46. The highest BCUT2D eigenvalue weighted by atomic mass is 32.1. The lowest BCUT2D eigenvalue weighted by Crippen LogP contribution is -2.19. The van der Waals surface area contributed by atoms with Gasteiger partial charge in [-0.25, -0.2) is 4.79 Å². The van der Waals surface area contributed by atoms with Crippen LogP contribution in [0.2, 0.25) is 0 Å². The molecule has 0 bridgehead atoms. The molecule has 1 N–H and O–H groups in total. The number of hydrogen-bond acceptors (Lipinski definition) is 4. The molecule has 1 aromatic carbocycles. The maximum atomic E-state index is 12.8. The van der Waals surface area contributed by atoms with Crippen molar-refractivity contribution in [2.75, 3.05) is 0 Å². The fourth-order valence-corrected chi connectivity index (χ4v) is 3.62. The van der Waals surface area contributed by atoms with Crippen molar-refractivity contribution >= 4 is 29.2 Å². The highest BCUT2D eigenvalue weighted by Gasteiger charge is 2.13. The van der Waals surface area contributed by atoms with Crippen LogP contribution < -0.4 is 0 Å². The van der Waals surface area contributed by atoms with Crippen LogP contribution in [0.5, 0.6) is 0 Å². The van der Waals surface area contributed by atoms with E-state index in [0.29, 0.717) is 17.8 Å². The molecule has 6 heteroatoms. The first-order chi connectivity index (χ1) is 13.9. The summed E-state index contributed by atoms with van der Waals surface area (Å²) in [6.07, 6.45) is 5.07. The van der Waals surface area contributed by atoms with E-state index in [0.717, 1.165) is 15.3 Å². The molecule has 1 unspecified atom stereocenters. The molecule has 2 heterocycles. The molecule has 3 aromatic rings. The van der Waals surface area contributed by atoms with Gasteiger partial charge in [-0.2, -0.15) is 0 Å².